The zero-order valence-corrected chi connectivity index (χ0v) is 13.0. The Bertz CT molecular complexity index is 921. The van der Waals surface area contributed by atoms with Crippen molar-refractivity contribution in [2.45, 2.75) is 6.92 Å². The van der Waals surface area contributed by atoms with Gasteiger partial charge in [0.25, 0.3) is 0 Å². The van der Waals surface area contributed by atoms with Crippen LogP contribution < -0.4 is 4.74 Å². The van der Waals surface area contributed by atoms with Gasteiger partial charge in [-0.25, -0.2) is 4.79 Å². The molecule has 3 aromatic rings. The second kappa shape index (κ2) is 5.60. The Morgan fingerprint density at radius 2 is 2.13 bits per heavy atom. The summed E-state index contributed by atoms with van der Waals surface area (Å²) >= 11 is 0. The van der Waals surface area contributed by atoms with Crippen LogP contribution in [0.5, 0.6) is 5.88 Å². The molecule has 0 spiro atoms. The third-order valence-electron chi connectivity index (χ3n) is 3.58. The van der Waals surface area contributed by atoms with E-state index in [9.17, 15) is 4.79 Å². The van der Waals surface area contributed by atoms with Crippen molar-refractivity contribution in [3.05, 3.63) is 41.7 Å². The maximum absolute atomic E-state index is 10.8. The molecular weight excluding hydrogens is 296 g/mol. The molecule has 0 aliphatic carbocycles. The molecule has 0 atom stereocenters. The van der Waals surface area contributed by atoms with Gasteiger partial charge in [0.05, 0.1) is 12.8 Å². The number of carboxylic acid groups (broad SMARTS) is 1. The van der Waals surface area contributed by atoms with Crippen molar-refractivity contribution >= 4 is 23.1 Å². The second-order valence-corrected chi connectivity index (χ2v) is 5.07. The minimum atomic E-state index is -1.00. The smallest absolute Gasteiger partial charge is 0.328 e. The highest BCUT2D eigenvalue weighted by Gasteiger charge is 2.16. The lowest BCUT2D eigenvalue weighted by molar-refractivity contribution is -0.131. The van der Waals surface area contributed by atoms with E-state index in [0.29, 0.717) is 5.88 Å². The monoisotopic (exact) mass is 312 g/mol. The van der Waals surface area contributed by atoms with Crippen molar-refractivity contribution in [1.82, 2.24) is 19.3 Å². The Morgan fingerprint density at radius 3 is 2.83 bits per heavy atom. The van der Waals surface area contributed by atoms with Gasteiger partial charge >= 0.3 is 5.97 Å². The number of carbonyl (C=O) groups is 1. The summed E-state index contributed by atoms with van der Waals surface area (Å²) in [6, 6.07) is 5.66. The molecule has 0 unspecified atom stereocenters. The molecule has 0 aliphatic rings. The summed E-state index contributed by atoms with van der Waals surface area (Å²) in [5, 5.41) is 14.2. The lowest BCUT2D eigenvalue weighted by Crippen LogP contribution is -2.04. The van der Waals surface area contributed by atoms with E-state index in [0.717, 1.165) is 34.2 Å². The van der Waals surface area contributed by atoms with Crippen LogP contribution in [0.2, 0.25) is 0 Å². The number of pyridine rings is 1. The summed E-state index contributed by atoms with van der Waals surface area (Å²) in [7, 11) is 3.38. The Morgan fingerprint density at radius 1 is 1.35 bits per heavy atom. The first-order chi connectivity index (χ1) is 11.0. The number of hydrogen-bond acceptors (Lipinski definition) is 4. The van der Waals surface area contributed by atoms with E-state index in [1.54, 1.807) is 23.9 Å². The highest BCUT2D eigenvalue weighted by Crippen LogP contribution is 2.25. The molecule has 0 fully saturated rings. The van der Waals surface area contributed by atoms with E-state index in [1.165, 1.54) is 0 Å². The quantitative estimate of drug-likeness (QED) is 0.747. The number of hydrogen-bond donors (Lipinski definition) is 1. The molecule has 0 amide bonds. The third kappa shape index (κ3) is 2.57. The Hall–Kier alpha value is -3.09. The van der Waals surface area contributed by atoms with Crippen molar-refractivity contribution in [2.75, 3.05) is 7.11 Å². The van der Waals surface area contributed by atoms with Gasteiger partial charge in [-0.2, -0.15) is 10.1 Å². The lowest BCUT2D eigenvalue weighted by Gasteiger charge is -2.08. The molecule has 0 radical (unpaired) electrons. The number of carboxylic acids is 1. The first-order valence-corrected chi connectivity index (χ1v) is 6.98. The summed E-state index contributed by atoms with van der Waals surface area (Å²) in [4.78, 5) is 15.3. The van der Waals surface area contributed by atoms with Crippen molar-refractivity contribution in [3.63, 3.8) is 0 Å². The van der Waals surface area contributed by atoms with E-state index < -0.39 is 5.97 Å². The molecule has 1 N–H and O–H groups in total. The van der Waals surface area contributed by atoms with Crippen LogP contribution in [0.1, 0.15) is 11.3 Å². The van der Waals surface area contributed by atoms with Crippen molar-refractivity contribution in [1.29, 1.82) is 0 Å². The van der Waals surface area contributed by atoms with Gasteiger partial charge < -0.3 is 9.84 Å². The molecule has 7 heteroatoms. The summed E-state index contributed by atoms with van der Waals surface area (Å²) in [5.74, 6) is 0.256. The molecule has 3 heterocycles. The van der Waals surface area contributed by atoms with Crippen LogP contribution in [0.15, 0.2) is 30.5 Å². The zero-order valence-electron chi connectivity index (χ0n) is 13.0. The molecule has 0 saturated carbocycles. The molecule has 0 aliphatic heterocycles. The van der Waals surface area contributed by atoms with Crippen molar-refractivity contribution < 1.29 is 14.6 Å². The molecule has 0 saturated heterocycles. The molecule has 0 bridgehead atoms. The standard InChI is InChI=1S/C16H16N4O3/c1-10-12(5-7-14(21)22)16(19(2)18-10)20-9-8-11-4-6-13(23-3)17-15(11)20/h4-9H,1-3H3,(H,21,22)/b7-5+. The van der Waals surface area contributed by atoms with Gasteiger partial charge in [0.1, 0.15) is 11.5 Å². The molecule has 3 rings (SSSR count). The molecule has 7 nitrogen and oxygen atoms in total. The van der Waals surface area contributed by atoms with Gasteiger partial charge in [0.2, 0.25) is 5.88 Å². The average Bonchev–Trinajstić information content (AvgIpc) is 3.04. The topological polar surface area (TPSA) is 82.2 Å². The van der Waals surface area contributed by atoms with Crippen LogP contribution in [0.25, 0.3) is 22.9 Å². The molecule has 118 valence electrons. The molecule has 23 heavy (non-hydrogen) atoms. The van der Waals surface area contributed by atoms with Gasteiger partial charge in [-0.05, 0) is 25.1 Å². The van der Waals surface area contributed by atoms with Gasteiger partial charge in [-0.3, -0.25) is 9.25 Å². The maximum atomic E-state index is 10.8. The van der Waals surface area contributed by atoms with E-state index in [-0.39, 0.29) is 0 Å². The van der Waals surface area contributed by atoms with Crippen LogP contribution >= 0.6 is 0 Å². The maximum Gasteiger partial charge on any atom is 0.328 e. The van der Waals surface area contributed by atoms with E-state index in [1.807, 2.05) is 36.9 Å². The molecule has 3 aromatic heterocycles. The number of aromatic nitrogens is 4. The average molecular weight is 312 g/mol. The van der Waals surface area contributed by atoms with Crippen LogP contribution in [-0.2, 0) is 11.8 Å². The Labute approximate surface area is 132 Å². The summed E-state index contributed by atoms with van der Waals surface area (Å²) < 4.78 is 8.77. The highest BCUT2D eigenvalue weighted by atomic mass is 16.5. The Balaban J connectivity index is 2.24. The fourth-order valence-electron chi connectivity index (χ4n) is 2.57. The van der Waals surface area contributed by atoms with Crippen LogP contribution in [0.4, 0.5) is 0 Å². The van der Waals surface area contributed by atoms with E-state index in [2.05, 4.69) is 10.1 Å². The number of rotatable bonds is 4. The number of ether oxygens (including phenoxy) is 1. The van der Waals surface area contributed by atoms with Gasteiger partial charge in [0, 0.05) is 36.3 Å². The first kappa shape index (κ1) is 14.8. The minimum Gasteiger partial charge on any atom is -0.481 e. The van der Waals surface area contributed by atoms with Gasteiger partial charge in [0.15, 0.2) is 0 Å². The van der Waals surface area contributed by atoms with E-state index >= 15 is 0 Å². The van der Waals surface area contributed by atoms with Crippen LogP contribution in [0.3, 0.4) is 0 Å². The Kier molecular flexibility index (Phi) is 3.61. The fourth-order valence-corrected chi connectivity index (χ4v) is 2.57. The summed E-state index contributed by atoms with van der Waals surface area (Å²) in [6.45, 7) is 1.84. The van der Waals surface area contributed by atoms with Crippen molar-refractivity contribution in [3.8, 4) is 11.7 Å². The number of aryl methyl sites for hydroxylation is 2. The number of aliphatic carboxylic acids is 1. The number of fused-ring (bicyclic) bond motifs is 1. The predicted octanol–water partition coefficient (Wildman–Crippen LogP) is 2.17. The summed E-state index contributed by atoms with van der Waals surface area (Å²) in [5.41, 5.74) is 2.19. The zero-order chi connectivity index (χ0) is 16.6. The SMILES string of the molecule is COc1ccc2ccn(-c3c(/C=C/C(=O)O)c(C)nn3C)c2n1. The number of nitrogens with zero attached hydrogens (tertiary/aromatic N) is 4. The molecule has 0 aromatic carbocycles. The van der Waals surface area contributed by atoms with E-state index in [4.69, 9.17) is 9.84 Å². The number of methoxy groups -OCH3 is 1. The highest BCUT2D eigenvalue weighted by molar-refractivity contribution is 5.87. The minimum absolute atomic E-state index is 0.513. The predicted molar refractivity (Wildman–Crippen MR) is 85.8 cm³/mol. The van der Waals surface area contributed by atoms with Gasteiger partial charge in [-0.15, -0.1) is 0 Å². The second-order valence-electron chi connectivity index (χ2n) is 5.07. The first-order valence-electron chi connectivity index (χ1n) is 6.98. The normalized spacial score (nSPS) is 11.4. The van der Waals surface area contributed by atoms with Crippen LogP contribution in [0, 0.1) is 6.92 Å². The third-order valence-corrected chi connectivity index (χ3v) is 3.58. The van der Waals surface area contributed by atoms with Crippen molar-refractivity contribution in [2.24, 2.45) is 7.05 Å². The fraction of sp³-hybridized carbons (Fsp3) is 0.188. The van der Waals surface area contributed by atoms with Crippen LogP contribution in [-0.4, -0.2) is 37.5 Å². The molecular formula is C16H16N4O3. The summed E-state index contributed by atoms with van der Waals surface area (Å²) in [6.07, 6.45) is 4.53. The lowest BCUT2D eigenvalue weighted by atomic mass is 10.2. The van der Waals surface area contributed by atoms with Gasteiger partial charge in [-0.1, -0.05) is 0 Å². The largest absolute Gasteiger partial charge is 0.481 e.